The molecule has 1 heterocycles. The van der Waals surface area contributed by atoms with Gasteiger partial charge in [-0.25, -0.2) is 17.9 Å². The zero-order valence-corrected chi connectivity index (χ0v) is 14.3. The third-order valence-corrected chi connectivity index (χ3v) is 7.17. The molecule has 118 valence electrons. The van der Waals surface area contributed by atoms with E-state index in [0.717, 1.165) is 36.7 Å². The normalized spacial score (nSPS) is 23.7. The summed E-state index contributed by atoms with van der Waals surface area (Å²) in [5.41, 5.74) is 0. The average molecular weight is 398 g/mol. The fourth-order valence-electron chi connectivity index (χ4n) is 2.33. The van der Waals surface area contributed by atoms with E-state index in [2.05, 4.69) is 20.7 Å². The van der Waals surface area contributed by atoms with E-state index in [0.29, 0.717) is 12.8 Å². The summed E-state index contributed by atoms with van der Waals surface area (Å²) < 4.78 is 27.5. The molecule has 1 aliphatic rings. The SMILES string of the molecule is O=C(O)c1cc(S(=O)(=O)NC2CCCCCC2O)c(Br)s1. The largest absolute Gasteiger partial charge is 0.477 e. The predicted octanol–water partition coefficient (Wildman–Crippen LogP) is 2.18. The highest BCUT2D eigenvalue weighted by Crippen LogP contribution is 2.32. The molecule has 1 aromatic rings. The molecule has 1 aliphatic carbocycles. The molecular formula is C12H16BrNO5S2. The summed E-state index contributed by atoms with van der Waals surface area (Å²) in [4.78, 5) is 10.8. The van der Waals surface area contributed by atoms with Crippen LogP contribution in [0.25, 0.3) is 0 Å². The van der Waals surface area contributed by atoms with Gasteiger partial charge in [-0.05, 0) is 34.8 Å². The molecule has 0 bridgehead atoms. The van der Waals surface area contributed by atoms with Gasteiger partial charge in [0, 0.05) is 6.04 Å². The lowest BCUT2D eigenvalue weighted by Gasteiger charge is -2.21. The molecule has 21 heavy (non-hydrogen) atoms. The summed E-state index contributed by atoms with van der Waals surface area (Å²) in [6.07, 6.45) is 3.14. The molecule has 0 amide bonds. The van der Waals surface area contributed by atoms with Crippen LogP contribution in [-0.4, -0.2) is 36.7 Å². The molecule has 0 aromatic carbocycles. The van der Waals surface area contributed by atoms with E-state index in [1.54, 1.807) is 0 Å². The van der Waals surface area contributed by atoms with Crippen LogP contribution in [0.15, 0.2) is 14.7 Å². The van der Waals surface area contributed by atoms with Crippen molar-refractivity contribution in [3.05, 3.63) is 14.7 Å². The van der Waals surface area contributed by atoms with Crippen molar-refractivity contribution in [2.75, 3.05) is 0 Å². The van der Waals surface area contributed by atoms with Crippen LogP contribution in [0.3, 0.4) is 0 Å². The first-order chi connectivity index (χ1) is 9.81. The number of sulfonamides is 1. The van der Waals surface area contributed by atoms with Gasteiger partial charge < -0.3 is 10.2 Å². The van der Waals surface area contributed by atoms with E-state index in [1.807, 2.05) is 0 Å². The molecular weight excluding hydrogens is 382 g/mol. The van der Waals surface area contributed by atoms with Gasteiger partial charge in [0.2, 0.25) is 10.0 Å². The number of aliphatic hydroxyl groups excluding tert-OH is 1. The maximum absolute atomic E-state index is 12.4. The maximum atomic E-state index is 12.4. The highest BCUT2D eigenvalue weighted by Gasteiger charge is 2.29. The first kappa shape index (κ1) is 16.9. The van der Waals surface area contributed by atoms with E-state index in [4.69, 9.17) is 5.11 Å². The lowest BCUT2D eigenvalue weighted by molar-refractivity contribution is 0.0702. The van der Waals surface area contributed by atoms with Gasteiger partial charge in [0.1, 0.15) is 9.77 Å². The number of rotatable bonds is 4. The van der Waals surface area contributed by atoms with Crippen LogP contribution >= 0.6 is 27.3 Å². The Hall–Kier alpha value is -0.480. The molecule has 0 aliphatic heterocycles. The number of nitrogens with one attached hydrogen (secondary N) is 1. The van der Waals surface area contributed by atoms with E-state index < -0.39 is 28.1 Å². The molecule has 2 atom stereocenters. The number of carbonyl (C=O) groups is 1. The second-order valence-corrected chi connectivity index (χ2v) is 9.04. The fourth-order valence-corrected chi connectivity index (χ4v) is 6.04. The van der Waals surface area contributed by atoms with Crippen LogP contribution in [0, 0.1) is 0 Å². The number of carboxylic acid groups (broad SMARTS) is 1. The number of aliphatic hydroxyl groups is 1. The summed E-state index contributed by atoms with van der Waals surface area (Å²) in [7, 11) is -3.86. The number of halogens is 1. The Morgan fingerprint density at radius 1 is 1.33 bits per heavy atom. The molecule has 0 saturated heterocycles. The number of thiophene rings is 1. The highest BCUT2D eigenvalue weighted by molar-refractivity contribution is 9.11. The van der Waals surface area contributed by atoms with Gasteiger partial charge in [0.15, 0.2) is 0 Å². The molecule has 1 aromatic heterocycles. The molecule has 2 rings (SSSR count). The lowest BCUT2D eigenvalue weighted by Crippen LogP contribution is -2.42. The van der Waals surface area contributed by atoms with Crippen LogP contribution < -0.4 is 4.72 Å². The molecule has 0 spiro atoms. The van der Waals surface area contributed by atoms with E-state index in [-0.39, 0.29) is 13.6 Å². The van der Waals surface area contributed by atoms with Crippen molar-refractivity contribution < 1.29 is 23.4 Å². The molecule has 1 fully saturated rings. The fraction of sp³-hybridized carbons (Fsp3) is 0.583. The van der Waals surface area contributed by atoms with Gasteiger partial charge in [-0.2, -0.15) is 0 Å². The molecule has 6 nitrogen and oxygen atoms in total. The van der Waals surface area contributed by atoms with Gasteiger partial charge in [-0.15, -0.1) is 11.3 Å². The van der Waals surface area contributed by atoms with Crippen molar-refractivity contribution in [3.63, 3.8) is 0 Å². The van der Waals surface area contributed by atoms with Crippen LogP contribution in [0.1, 0.15) is 41.8 Å². The van der Waals surface area contributed by atoms with E-state index in [1.165, 1.54) is 0 Å². The Balaban J connectivity index is 2.23. The van der Waals surface area contributed by atoms with Crippen LogP contribution in [0.4, 0.5) is 0 Å². The van der Waals surface area contributed by atoms with Gasteiger partial charge in [-0.3, -0.25) is 0 Å². The number of hydrogen-bond donors (Lipinski definition) is 3. The quantitative estimate of drug-likeness (QED) is 0.675. The summed E-state index contributed by atoms with van der Waals surface area (Å²) >= 11 is 3.94. The molecule has 2 unspecified atom stereocenters. The number of aromatic carboxylic acids is 1. The monoisotopic (exact) mass is 397 g/mol. The third-order valence-electron chi connectivity index (χ3n) is 3.44. The molecule has 3 N–H and O–H groups in total. The third kappa shape index (κ3) is 4.04. The van der Waals surface area contributed by atoms with Crippen LogP contribution in [0.5, 0.6) is 0 Å². The molecule has 9 heteroatoms. The summed E-state index contributed by atoms with van der Waals surface area (Å²) in [5, 5.41) is 18.9. The van der Waals surface area contributed by atoms with Gasteiger partial charge >= 0.3 is 5.97 Å². The first-order valence-electron chi connectivity index (χ1n) is 6.54. The van der Waals surface area contributed by atoms with Crippen molar-refractivity contribution in [2.45, 2.75) is 49.1 Å². The Morgan fingerprint density at radius 3 is 2.62 bits per heavy atom. The van der Waals surface area contributed by atoms with E-state index in [9.17, 15) is 18.3 Å². The van der Waals surface area contributed by atoms with Crippen LogP contribution in [-0.2, 0) is 10.0 Å². The van der Waals surface area contributed by atoms with Crippen molar-refractivity contribution in [3.8, 4) is 0 Å². The highest BCUT2D eigenvalue weighted by atomic mass is 79.9. The lowest BCUT2D eigenvalue weighted by atomic mass is 10.1. The standard InChI is InChI=1S/C12H16BrNO5S2/c13-11-10(6-9(20-11)12(16)17)21(18,19)14-7-4-2-1-3-5-8(7)15/h6-8,14-15H,1-5H2,(H,16,17). The van der Waals surface area contributed by atoms with Gasteiger partial charge in [0.25, 0.3) is 0 Å². The average Bonchev–Trinajstić information content (AvgIpc) is 2.69. The summed E-state index contributed by atoms with van der Waals surface area (Å²) in [6.45, 7) is 0. The minimum Gasteiger partial charge on any atom is -0.477 e. The second kappa shape index (κ2) is 6.74. The number of carboxylic acids is 1. The zero-order valence-electron chi connectivity index (χ0n) is 11.1. The van der Waals surface area contributed by atoms with Gasteiger partial charge in [-0.1, -0.05) is 19.3 Å². The Labute approximate surface area is 135 Å². The van der Waals surface area contributed by atoms with Crippen molar-refractivity contribution in [1.29, 1.82) is 0 Å². The van der Waals surface area contributed by atoms with Crippen molar-refractivity contribution >= 4 is 43.3 Å². The second-order valence-electron chi connectivity index (χ2n) is 4.99. The first-order valence-corrected chi connectivity index (χ1v) is 9.63. The predicted molar refractivity (Wildman–Crippen MR) is 82.2 cm³/mol. The van der Waals surface area contributed by atoms with E-state index >= 15 is 0 Å². The minimum atomic E-state index is -3.86. The Kier molecular flexibility index (Phi) is 5.42. The minimum absolute atomic E-state index is 0.0522. The Morgan fingerprint density at radius 2 is 2.00 bits per heavy atom. The smallest absolute Gasteiger partial charge is 0.345 e. The van der Waals surface area contributed by atoms with Gasteiger partial charge in [0.05, 0.1) is 9.89 Å². The maximum Gasteiger partial charge on any atom is 0.345 e. The van der Waals surface area contributed by atoms with Crippen molar-refractivity contribution in [1.82, 2.24) is 4.72 Å². The number of hydrogen-bond acceptors (Lipinski definition) is 5. The molecule has 1 saturated carbocycles. The van der Waals surface area contributed by atoms with Crippen molar-refractivity contribution in [2.24, 2.45) is 0 Å². The Bertz CT molecular complexity index is 628. The topological polar surface area (TPSA) is 104 Å². The van der Waals surface area contributed by atoms with Crippen LogP contribution in [0.2, 0.25) is 0 Å². The summed E-state index contributed by atoms with van der Waals surface area (Å²) in [6, 6.07) is 0.597. The molecule has 0 radical (unpaired) electrons. The summed E-state index contributed by atoms with van der Waals surface area (Å²) in [5.74, 6) is -1.17. The zero-order chi connectivity index (χ0) is 15.6.